The SMILES string of the molecule is O=C1c2ccc(OPI)cc2OC(c2ccc(O)cc2)C1c1ccc(OPI)cc1. The van der Waals surface area contributed by atoms with Crippen LogP contribution in [0.5, 0.6) is 23.0 Å². The Kier molecular flexibility index (Phi) is 7.34. The van der Waals surface area contributed by atoms with E-state index in [0.29, 0.717) is 23.5 Å². The number of halogens is 2. The molecule has 0 aliphatic carbocycles. The fourth-order valence-electron chi connectivity index (χ4n) is 3.46. The molecule has 0 amide bonds. The third-order valence-corrected chi connectivity index (χ3v) is 6.78. The molecule has 30 heavy (non-hydrogen) atoms. The molecule has 3 aromatic carbocycles. The molecular weight excluding hydrogens is 648 g/mol. The Morgan fingerprint density at radius 1 is 0.833 bits per heavy atom. The van der Waals surface area contributed by atoms with Gasteiger partial charge in [0.15, 0.2) is 5.78 Å². The highest BCUT2D eigenvalue weighted by molar-refractivity contribution is 14.2. The Balaban J connectivity index is 1.78. The lowest BCUT2D eigenvalue weighted by atomic mass is 9.81. The van der Waals surface area contributed by atoms with Crippen LogP contribution in [0.15, 0.2) is 66.7 Å². The molecule has 154 valence electrons. The van der Waals surface area contributed by atoms with Crippen molar-refractivity contribution in [2.45, 2.75) is 12.0 Å². The minimum atomic E-state index is -0.527. The average Bonchev–Trinajstić information content (AvgIpc) is 2.75. The number of hydrogen-bond donors (Lipinski definition) is 1. The van der Waals surface area contributed by atoms with E-state index >= 15 is 0 Å². The Hall–Kier alpha value is -1.15. The third kappa shape index (κ3) is 4.69. The molecule has 4 unspecified atom stereocenters. The summed E-state index contributed by atoms with van der Waals surface area (Å²) < 4.78 is 17.5. The lowest BCUT2D eigenvalue weighted by Crippen LogP contribution is -2.30. The lowest BCUT2D eigenvalue weighted by Gasteiger charge is -2.33. The van der Waals surface area contributed by atoms with Crippen LogP contribution in [0.1, 0.15) is 33.5 Å². The summed E-state index contributed by atoms with van der Waals surface area (Å²) in [5.74, 6) is 1.57. The molecule has 0 aromatic heterocycles. The van der Waals surface area contributed by atoms with E-state index in [9.17, 15) is 9.90 Å². The maximum Gasteiger partial charge on any atom is 0.178 e. The van der Waals surface area contributed by atoms with Gasteiger partial charge in [-0.3, -0.25) is 4.79 Å². The summed E-state index contributed by atoms with van der Waals surface area (Å²) >= 11 is 4.32. The molecule has 1 N–H and O–H groups in total. The summed E-state index contributed by atoms with van der Waals surface area (Å²) in [6.45, 7) is 0.590. The number of phenols is 1. The van der Waals surface area contributed by atoms with E-state index in [4.69, 9.17) is 13.8 Å². The second-order valence-corrected chi connectivity index (χ2v) is 9.92. The van der Waals surface area contributed by atoms with Gasteiger partial charge >= 0.3 is 0 Å². The van der Waals surface area contributed by atoms with Crippen LogP contribution in [0, 0.1) is 0 Å². The topological polar surface area (TPSA) is 65.0 Å². The zero-order valence-corrected chi connectivity index (χ0v) is 21.7. The largest absolute Gasteiger partial charge is 0.508 e. The Bertz CT molecular complexity index is 1040. The molecular formula is C21H16I2O5P2. The lowest BCUT2D eigenvalue weighted by molar-refractivity contribution is 0.0781. The van der Waals surface area contributed by atoms with Gasteiger partial charge in [-0.1, -0.05) is 24.3 Å². The number of Topliss-reactive ketones (excluding diaryl/α,β-unsaturated/α-hetero) is 1. The third-order valence-electron chi connectivity index (χ3n) is 4.83. The molecule has 1 aliphatic heterocycles. The summed E-state index contributed by atoms with van der Waals surface area (Å²) in [6.07, 6.45) is -0.527. The number of rotatable bonds is 6. The molecule has 0 radical (unpaired) electrons. The zero-order chi connectivity index (χ0) is 21.1. The highest BCUT2D eigenvalue weighted by Gasteiger charge is 2.39. The van der Waals surface area contributed by atoms with Crippen molar-refractivity contribution in [3.05, 3.63) is 83.4 Å². The Morgan fingerprint density at radius 3 is 2.10 bits per heavy atom. The Labute approximate surface area is 203 Å². The number of ether oxygens (including phenoxy) is 1. The molecule has 4 rings (SSSR count). The van der Waals surface area contributed by atoms with Gasteiger partial charge in [0.2, 0.25) is 0 Å². The minimum Gasteiger partial charge on any atom is -0.508 e. The van der Waals surface area contributed by atoms with E-state index in [-0.39, 0.29) is 18.0 Å². The van der Waals surface area contributed by atoms with Crippen molar-refractivity contribution < 1.29 is 23.7 Å². The van der Waals surface area contributed by atoms with Crippen molar-refractivity contribution in [2.75, 3.05) is 0 Å². The summed E-state index contributed by atoms with van der Waals surface area (Å²) in [7, 11) is 0. The van der Waals surface area contributed by atoms with Gasteiger partial charge in [-0.25, -0.2) is 0 Å². The Morgan fingerprint density at radius 2 is 1.43 bits per heavy atom. The first-order chi connectivity index (χ1) is 14.6. The first-order valence-corrected chi connectivity index (χ1v) is 16.9. The second-order valence-electron chi connectivity index (χ2n) is 6.56. The van der Waals surface area contributed by atoms with Crippen molar-refractivity contribution >= 4 is 62.8 Å². The number of carbonyl (C=O) groups excluding carboxylic acids is 1. The number of ketones is 1. The van der Waals surface area contributed by atoms with Crippen LogP contribution in [0.25, 0.3) is 0 Å². The smallest absolute Gasteiger partial charge is 0.178 e. The number of phenolic OH excluding ortho intramolecular Hbond substituents is 1. The van der Waals surface area contributed by atoms with Gasteiger partial charge < -0.3 is 18.9 Å². The molecule has 0 saturated heterocycles. The number of benzene rings is 3. The number of carbonyl (C=O) groups is 1. The maximum absolute atomic E-state index is 13.5. The highest BCUT2D eigenvalue weighted by Crippen LogP contribution is 2.46. The quantitative estimate of drug-likeness (QED) is 0.225. The molecule has 9 heteroatoms. The number of fused-ring (bicyclic) bond motifs is 1. The standard InChI is InChI=1S/C21H16I2O5P2/c22-29-27-15-7-3-12(4-8-15)19-20(25)17-10-9-16(28-30-23)11-18(17)26-21(19)13-1-5-14(24)6-2-13/h1-11,19,21,24,29-30H. The molecule has 0 saturated carbocycles. The van der Waals surface area contributed by atoms with Gasteiger partial charge in [-0.2, -0.15) is 0 Å². The zero-order valence-electron chi connectivity index (χ0n) is 15.3. The molecule has 3 aromatic rings. The monoisotopic (exact) mass is 664 g/mol. The van der Waals surface area contributed by atoms with E-state index < -0.39 is 12.0 Å². The van der Waals surface area contributed by atoms with Crippen LogP contribution < -0.4 is 13.8 Å². The molecule has 0 spiro atoms. The van der Waals surface area contributed by atoms with Gasteiger partial charge in [-0.15, -0.1) is 0 Å². The van der Waals surface area contributed by atoms with Gasteiger partial charge in [0.1, 0.15) is 42.0 Å². The van der Waals surface area contributed by atoms with Crippen LogP contribution in [0.4, 0.5) is 0 Å². The molecule has 4 atom stereocenters. The van der Waals surface area contributed by atoms with Crippen LogP contribution >= 0.6 is 57.0 Å². The fraction of sp³-hybridized carbons (Fsp3) is 0.0952. The van der Waals surface area contributed by atoms with Crippen molar-refractivity contribution in [3.63, 3.8) is 0 Å². The first kappa shape index (κ1) is 22.1. The maximum atomic E-state index is 13.5. The predicted octanol–water partition coefficient (Wildman–Crippen LogP) is 7.14. The summed E-state index contributed by atoms with van der Waals surface area (Å²) in [5.41, 5.74) is 2.20. The minimum absolute atomic E-state index is 0.0118. The van der Waals surface area contributed by atoms with Crippen LogP contribution in [-0.4, -0.2) is 10.9 Å². The number of aromatic hydroxyl groups is 1. The van der Waals surface area contributed by atoms with Gasteiger partial charge in [0, 0.05) is 6.07 Å². The van der Waals surface area contributed by atoms with Gasteiger partial charge in [0.05, 0.1) is 11.5 Å². The normalized spacial score (nSPS) is 18.5. The van der Waals surface area contributed by atoms with Crippen molar-refractivity contribution in [3.8, 4) is 23.0 Å². The molecule has 1 aliphatic rings. The molecule has 0 bridgehead atoms. The van der Waals surface area contributed by atoms with E-state index in [1.807, 2.05) is 24.3 Å². The summed E-state index contributed by atoms with van der Waals surface area (Å²) in [6, 6.07) is 19.7. The van der Waals surface area contributed by atoms with E-state index in [1.54, 1.807) is 42.5 Å². The highest BCUT2D eigenvalue weighted by atomic mass is 127. The number of hydrogen-bond acceptors (Lipinski definition) is 5. The summed E-state index contributed by atoms with van der Waals surface area (Å²) in [5, 5.41) is 9.69. The van der Waals surface area contributed by atoms with E-state index in [2.05, 4.69) is 44.1 Å². The van der Waals surface area contributed by atoms with Crippen LogP contribution in [0.2, 0.25) is 0 Å². The van der Waals surface area contributed by atoms with E-state index in [1.165, 1.54) is 0 Å². The van der Waals surface area contributed by atoms with Gasteiger partial charge in [0.25, 0.3) is 0 Å². The fourth-order valence-corrected chi connectivity index (χ4v) is 5.43. The van der Waals surface area contributed by atoms with Gasteiger partial charge in [-0.05, 0) is 91.6 Å². The van der Waals surface area contributed by atoms with Crippen LogP contribution in [0.3, 0.4) is 0 Å². The predicted molar refractivity (Wildman–Crippen MR) is 137 cm³/mol. The van der Waals surface area contributed by atoms with Crippen molar-refractivity contribution in [2.24, 2.45) is 0 Å². The van der Waals surface area contributed by atoms with Crippen molar-refractivity contribution in [1.82, 2.24) is 0 Å². The molecule has 0 fully saturated rings. The van der Waals surface area contributed by atoms with Crippen molar-refractivity contribution in [1.29, 1.82) is 0 Å². The average molecular weight is 664 g/mol. The summed E-state index contributed by atoms with van der Waals surface area (Å²) in [4.78, 5) is 13.5. The van der Waals surface area contributed by atoms with E-state index in [0.717, 1.165) is 16.9 Å². The van der Waals surface area contributed by atoms with Crippen LogP contribution in [-0.2, 0) is 0 Å². The second kappa shape index (κ2) is 9.98. The molecule has 5 nitrogen and oxygen atoms in total. The first-order valence-electron chi connectivity index (χ1n) is 8.89. The molecule has 1 heterocycles.